The number of carbonyl (C=O) groups is 3. The quantitative estimate of drug-likeness (QED) is 0.371. The molecular formula is C27H27N3O6. The van der Waals surface area contributed by atoms with Gasteiger partial charge in [-0.15, -0.1) is 0 Å². The molecule has 2 amide bonds. The first-order chi connectivity index (χ1) is 17.5. The molecule has 0 spiro atoms. The van der Waals surface area contributed by atoms with Crippen LogP contribution < -0.4 is 5.32 Å². The van der Waals surface area contributed by atoms with Crippen LogP contribution in [0.4, 0.5) is 15.3 Å². The van der Waals surface area contributed by atoms with Crippen LogP contribution in [0.2, 0.25) is 0 Å². The fourth-order valence-corrected chi connectivity index (χ4v) is 4.82. The minimum Gasteiger partial charge on any atom is -0.465 e. The lowest BCUT2D eigenvalue weighted by molar-refractivity contribution is -0.110. The predicted molar refractivity (Wildman–Crippen MR) is 134 cm³/mol. The summed E-state index contributed by atoms with van der Waals surface area (Å²) in [7, 11) is 0. The van der Waals surface area contributed by atoms with Crippen molar-refractivity contribution in [1.82, 2.24) is 9.47 Å². The third-order valence-corrected chi connectivity index (χ3v) is 6.78. The van der Waals surface area contributed by atoms with Crippen molar-refractivity contribution in [2.24, 2.45) is 5.92 Å². The molecule has 0 unspecified atom stereocenters. The maximum absolute atomic E-state index is 12.6. The molecule has 1 fully saturated rings. The molecule has 2 aliphatic heterocycles. The van der Waals surface area contributed by atoms with Crippen LogP contribution in [0.15, 0.2) is 54.7 Å². The minimum absolute atomic E-state index is 0.0255. The van der Waals surface area contributed by atoms with Crippen LogP contribution in [0.1, 0.15) is 30.4 Å². The fourth-order valence-electron chi connectivity index (χ4n) is 4.82. The number of likely N-dealkylation sites (tertiary alicyclic amines) is 1. The summed E-state index contributed by atoms with van der Waals surface area (Å²) >= 11 is 0. The van der Waals surface area contributed by atoms with Gasteiger partial charge in [0.15, 0.2) is 6.73 Å². The van der Waals surface area contributed by atoms with Crippen molar-refractivity contribution in [1.29, 1.82) is 0 Å². The second-order valence-corrected chi connectivity index (χ2v) is 9.00. The number of para-hydroxylation sites is 2. The molecule has 0 atom stereocenters. The van der Waals surface area contributed by atoms with E-state index in [1.165, 1.54) is 4.90 Å². The number of carboxylic acid groups (broad SMARTS) is 1. The highest BCUT2D eigenvalue weighted by Gasteiger charge is 2.24. The summed E-state index contributed by atoms with van der Waals surface area (Å²) in [5.41, 5.74) is 3.94. The highest BCUT2D eigenvalue weighted by Crippen LogP contribution is 2.34. The number of carbonyl (C=O) groups excluding carboxylic acids is 2. The van der Waals surface area contributed by atoms with Crippen molar-refractivity contribution >= 4 is 46.4 Å². The van der Waals surface area contributed by atoms with Crippen LogP contribution in [0.25, 0.3) is 22.6 Å². The average Bonchev–Trinajstić information content (AvgIpc) is 3.40. The number of rotatable bonds is 6. The number of piperidine rings is 1. The van der Waals surface area contributed by atoms with E-state index >= 15 is 0 Å². The van der Waals surface area contributed by atoms with E-state index in [1.54, 1.807) is 0 Å². The number of benzene rings is 2. The molecule has 2 aliphatic rings. The first-order valence-corrected chi connectivity index (χ1v) is 12.0. The molecular weight excluding hydrogens is 462 g/mol. The first kappa shape index (κ1) is 23.5. The number of fused-ring (bicyclic) bond motifs is 2. The third-order valence-electron chi connectivity index (χ3n) is 6.78. The first-order valence-electron chi connectivity index (χ1n) is 12.0. The smallest absolute Gasteiger partial charge is 0.465 e. The van der Waals surface area contributed by atoms with Gasteiger partial charge in [-0.25, -0.2) is 9.59 Å². The second-order valence-electron chi connectivity index (χ2n) is 9.00. The lowest BCUT2D eigenvalue weighted by atomic mass is 9.94. The lowest BCUT2D eigenvalue weighted by Gasteiger charge is -2.29. The summed E-state index contributed by atoms with van der Waals surface area (Å²) in [4.78, 5) is 37.2. The van der Waals surface area contributed by atoms with Gasteiger partial charge in [0.2, 0.25) is 0 Å². The molecule has 9 heteroatoms. The van der Waals surface area contributed by atoms with Gasteiger partial charge in [-0.05, 0) is 43.4 Å². The second kappa shape index (κ2) is 10.2. The number of hydrogen-bond donors (Lipinski definition) is 2. The van der Waals surface area contributed by atoms with Gasteiger partial charge in [-0.2, -0.15) is 0 Å². The van der Waals surface area contributed by atoms with E-state index in [4.69, 9.17) is 14.6 Å². The molecule has 1 saturated heterocycles. The molecule has 3 heterocycles. The zero-order valence-corrected chi connectivity index (χ0v) is 19.7. The van der Waals surface area contributed by atoms with Gasteiger partial charge in [-0.1, -0.05) is 36.4 Å². The summed E-state index contributed by atoms with van der Waals surface area (Å²) in [6.07, 6.45) is 4.28. The van der Waals surface area contributed by atoms with Crippen molar-refractivity contribution in [3.05, 3.63) is 65.9 Å². The van der Waals surface area contributed by atoms with Crippen molar-refractivity contribution in [2.45, 2.75) is 26.0 Å². The van der Waals surface area contributed by atoms with E-state index in [2.05, 4.69) is 5.32 Å². The number of anilines is 1. The number of amides is 2. The standard InChI is InChI=1S/C27H27N3O6/c31-25-22(21-6-1-3-7-23(21)28-25)15-19-16-30(24-8-4-2-5-20(19)24)17-36-27(34)35-14-11-18-9-12-29(13-10-18)26(32)33/h1-8,15-16,18H,9-14,17H2,(H,28,31)(H,32,33)/b22-15-. The van der Waals surface area contributed by atoms with E-state index in [1.807, 2.05) is 65.4 Å². The van der Waals surface area contributed by atoms with Crippen molar-refractivity contribution in [3.8, 4) is 0 Å². The van der Waals surface area contributed by atoms with Gasteiger partial charge >= 0.3 is 12.2 Å². The van der Waals surface area contributed by atoms with Gasteiger partial charge in [0.25, 0.3) is 5.91 Å². The van der Waals surface area contributed by atoms with E-state index < -0.39 is 12.2 Å². The van der Waals surface area contributed by atoms with Crippen molar-refractivity contribution < 1.29 is 29.0 Å². The van der Waals surface area contributed by atoms with E-state index in [9.17, 15) is 14.4 Å². The van der Waals surface area contributed by atoms with Crippen LogP contribution in [0.3, 0.4) is 0 Å². The van der Waals surface area contributed by atoms with Gasteiger partial charge in [0.1, 0.15) is 0 Å². The Labute approximate surface area is 207 Å². The van der Waals surface area contributed by atoms with Crippen molar-refractivity contribution in [3.63, 3.8) is 0 Å². The van der Waals surface area contributed by atoms with E-state index in [-0.39, 0.29) is 19.2 Å². The fraction of sp³-hybridized carbons (Fsp3) is 0.296. The van der Waals surface area contributed by atoms with E-state index in [0.717, 1.165) is 40.6 Å². The minimum atomic E-state index is -0.888. The molecule has 5 rings (SSSR count). The molecule has 36 heavy (non-hydrogen) atoms. The molecule has 2 N–H and O–H groups in total. The highest BCUT2D eigenvalue weighted by atomic mass is 16.7. The SMILES string of the molecule is O=C(OCCC1CCN(C(=O)O)CC1)OCn1cc(/C=C2\C(=O)Nc3ccccc32)c2ccccc21. The Morgan fingerprint density at radius 3 is 2.61 bits per heavy atom. The summed E-state index contributed by atoms with van der Waals surface area (Å²) in [6, 6.07) is 15.3. The van der Waals surface area contributed by atoms with Gasteiger partial charge < -0.3 is 29.4 Å². The Kier molecular flexibility index (Phi) is 6.62. The maximum atomic E-state index is 12.6. The summed E-state index contributed by atoms with van der Waals surface area (Å²) < 4.78 is 12.4. The molecule has 0 saturated carbocycles. The zero-order chi connectivity index (χ0) is 25.1. The van der Waals surface area contributed by atoms with Gasteiger partial charge in [0.05, 0.1) is 12.1 Å². The lowest BCUT2D eigenvalue weighted by Crippen LogP contribution is -2.37. The third kappa shape index (κ3) is 4.91. The van der Waals surface area contributed by atoms with E-state index in [0.29, 0.717) is 31.0 Å². The van der Waals surface area contributed by atoms with Gasteiger partial charge in [0, 0.05) is 47.1 Å². The number of hydrogen-bond acceptors (Lipinski definition) is 5. The van der Waals surface area contributed by atoms with Crippen LogP contribution in [0.5, 0.6) is 0 Å². The van der Waals surface area contributed by atoms with Gasteiger partial charge in [-0.3, -0.25) is 4.79 Å². The maximum Gasteiger partial charge on any atom is 0.510 e. The Hall–Kier alpha value is -4.27. The largest absolute Gasteiger partial charge is 0.510 e. The molecule has 0 aliphatic carbocycles. The highest BCUT2D eigenvalue weighted by molar-refractivity contribution is 6.35. The van der Waals surface area contributed by atoms with Crippen molar-refractivity contribution in [2.75, 3.05) is 25.0 Å². The Balaban J connectivity index is 1.21. The average molecular weight is 490 g/mol. The van der Waals surface area contributed by atoms with Crippen LogP contribution in [0, 0.1) is 5.92 Å². The normalized spacial score (nSPS) is 16.7. The molecule has 0 bridgehead atoms. The summed E-state index contributed by atoms with van der Waals surface area (Å²) in [6.45, 7) is 1.23. The number of aromatic nitrogens is 1. The molecule has 2 aromatic carbocycles. The topological polar surface area (TPSA) is 110 Å². The molecule has 0 radical (unpaired) electrons. The number of nitrogens with zero attached hydrogens (tertiary/aromatic N) is 2. The Morgan fingerprint density at radius 2 is 1.81 bits per heavy atom. The predicted octanol–water partition coefficient (Wildman–Crippen LogP) is 5.02. The number of ether oxygens (including phenoxy) is 2. The van der Waals surface area contributed by atoms with Crippen LogP contribution in [-0.4, -0.2) is 52.4 Å². The summed E-state index contributed by atoms with van der Waals surface area (Å²) in [5.74, 6) is 0.178. The van der Waals surface area contributed by atoms with Crippen LogP contribution in [-0.2, 0) is 21.0 Å². The zero-order valence-electron chi connectivity index (χ0n) is 19.7. The molecule has 186 valence electrons. The molecule has 3 aromatic rings. The van der Waals surface area contributed by atoms with Crippen LogP contribution >= 0.6 is 0 Å². The number of nitrogens with one attached hydrogen (secondary N) is 1. The molecule has 1 aromatic heterocycles. The summed E-state index contributed by atoms with van der Waals surface area (Å²) in [5, 5.41) is 12.9. The Bertz CT molecular complexity index is 1340. The monoisotopic (exact) mass is 489 g/mol. The molecule has 9 nitrogen and oxygen atoms in total. The Morgan fingerprint density at radius 1 is 1.06 bits per heavy atom.